The molecule has 0 saturated carbocycles. The topological polar surface area (TPSA) is 123 Å². The van der Waals surface area contributed by atoms with Crippen LogP contribution >= 0.6 is 0 Å². The molecule has 1 aromatic carbocycles. The number of rotatable bonds is 11. The average molecular weight is 665 g/mol. The summed E-state index contributed by atoms with van der Waals surface area (Å²) in [5.41, 5.74) is 2.51. The predicted octanol–water partition coefficient (Wildman–Crippen LogP) is 6.04. The summed E-state index contributed by atoms with van der Waals surface area (Å²) in [6, 6.07) is 4.08. The lowest BCUT2D eigenvalue weighted by Crippen LogP contribution is -2.45. The van der Waals surface area contributed by atoms with Gasteiger partial charge < -0.3 is 38.2 Å². The van der Waals surface area contributed by atoms with Crippen molar-refractivity contribution in [2.24, 2.45) is 0 Å². The van der Waals surface area contributed by atoms with Gasteiger partial charge in [0.15, 0.2) is 31.3 Å². The molecule has 1 N–H and O–H groups in total. The van der Waals surface area contributed by atoms with Gasteiger partial charge in [-0.2, -0.15) is 15.1 Å². The van der Waals surface area contributed by atoms with Crippen molar-refractivity contribution < 1.29 is 23.4 Å². The van der Waals surface area contributed by atoms with Crippen LogP contribution in [0.5, 0.6) is 17.2 Å². The first-order valence-corrected chi connectivity index (χ1v) is 19.2. The second-order valence-corrected chi connectivity index (χ2v) is 18.7. The van der Waals surface area contributed by atoms with E-state index in [1.807, 2.05) is 34.5 Å². The largest absolute Gasteiger partial charge is 0.493 e. The van der Waals surface area contributed by atoms with Crippen LogP contribution in [-0.4, -0.2) is 91.4 Å². The Morgan fingerprint density at radius 2 is 1.79 bits per heavy atom. The molecule has 2 aliphatic rings. The van der Waals surface area contributed by atoms with E-state index in [-0.39, 0.29) is 17.1 Å². The van der Waals surface area contributed by atoms with Crippen LogP contribution in [-0.2, 0) is 9.16 Å². The first kappa shape index (κ1) is 33.0. The summed E-state index contributed by atoms with van der Waals surface area (Å²) in [6.45, 7) is 16.4. The molecule has 2 saturated heterocycles. The number of anilines is 3. The molecule has 3 aromatic heterocycles. The second-order valence-electron chi connectivity index (χ2n) is 13.9. The number of imidazole rings is 1. The number of hydrogen-bond donors (Lipinski definition) is 1. The van der Waals surface area contributed by atoms with Gasteiger partial charge >= 0.3 is 0 Å². The van der Waals surface area contributed by atoms with Gasteiger partial charge in [0, 0.05) is 25.3 Å². The van der Waals surface area contributed by atoms with E-state index < -0.39 is 8.32 Å². The number of nitrogens with zero attached hydrogens (tertiary/aromatic N) is 7. The number of fused-ring (bicyclic) bond motifs is 1. The van der Waals surface area contributed by atoms with E-state index in [2.05, 4.69) is 49.1 Å². The van der Waals surface area contributed by atoms with Gasteiger partial charge in [0.25, 0.3) is 0 Å². The van der Waals surface area contributed by atoms with E-state index in [4.69, 9.17) is 38.4 Å². The monoisotopic (exact) mass is 664 g/mol. The molecule has 0 spiro atoms. The number of hydrogen-bond acceptors (Lipinski definition) is 11. The quantitative estimate of drug-likeness (QED) is 0.189. The number of aryl methyl sites for hydroxylation is 1. The molecule has 0 aliphatic carbocycles. The molecule has 4 aromatic rings. The van der Waals surface area contributed by atoms with Gasteiger partial charge in [-0.3, -0.25) is 0 Å². The van der Waals surface area contributed by atoms with E-state index >= 15 is 0 Å². The van der Waals surface area contributed by atoms with Crippen LogP contribution in [0.4, 0.5) is 17.6 Å². The maximum Gasteiger partial charge on any atom is 0.232 e. The summed E-state index contributed by atoms with van der Waals surface area (Å²) >= 11 is 0. The normalized spacial score (nSPS) is 18.7. The third-order valence-electron chi connectivity index (χ3n) is 9.82. The molecule has 6 rings (SSSR count). The van der Waals surface area contributed by atoms with Crippen LogP contribution in [0.2, 0.25) is 18.1 Å². The Bertz CT molecular complexity index is 1700. The summed E-state index contributed by atoms with van der Waals surface area (Å²) in [4.78, 5) is 17.2. The first-order chi connectivity index (χ1) is 22.4. The van der Waals surface area contributed by atoms with Crippen molar-refractivity contribution in [3.8, 4) is 22.9 Å². The van der Waals surface area contributed by atoms with Gasteiger partial charge in [0.1, 0.15) is 12.1 Å². The fraction of sp³-hybridized carbons (Fsp3) is 0.576. The molecule has 47 heavy (non-hydrogen) atoms. The lowest BCUT2D eigenvalue weighted by molar-refractivity contribution is 0.185. The standard InChI is InChI=1S/C33H48N8O5Si/c1-21-28-30(40-13-10-11-22(40)19-46-47(8,9)33(2,3)4)36-32(37-31(28)41(38-21)23-12-14-45-18-23)35-27-17-39(20-34-27)24-15-25(42-5)29(44-7)26(16-24)43-6/h15-17,20,22-23H,10-14,18-19H2,1-9H3,(H,35,36,37). The van der Waals surface area contributed by atoms with Crippen LogP contribution < -0.4 is 24.4 Å². The van der Waals surface area contributed by atoms with E-state index in [0.717, 1.165) is 54.0 Å². The maximum absolute atomic E-state index is 6.74. The van der Waals surface area contributed by atoms with E-state index in [9.17, 15) is 0 Å². The average Bonchev–Trinajstić information content (AvgIpc) is 3.86. The zero-order chi connectivity index (χ0) is 33.5. The fourth-order valence-corrected chi connectivity index (χ4v) is 7.13. The van der Waals surface area contributed by atoms with Crippen LogP contribution in [0.25, 0.3) is 16.7 Å². The molecule has 2 unspecified atom stereocenters. The second kappa shape index (κ2) is 13.0. The minimum Gasteiger partial charge on any atom is -0.493 e. The van der Waals surface area contributed by atoms with Crippen LogP contribution in [0.3, 0.4) is 0 Å². The Morgan fingerprint density at radius 3 is 2.43 bits per heavy atom. The van der Waals surface area contributed by atoms with E-state index in [0.29, 0.717) is 48.8 Å². The highest BCUT2D eigenvalue weighted by Crippen LogP contribution is 2.41. The zero-order valence-corrected chi connectivity index (χ0v) is 30.1. The molecule has 14 heteroatoms. The third kappa shape index (κ3) is 6.37. The van der Waals surface area contributed by atoms with Crippen LogP contribution in [0.1, 0.15) is 51.8 Å². The molecule has 0 amide bonds. The molecule has 2 fully saturated rings. The number of benzene rings is 1. The van der Waals surface area contributed by atoms with Crippen LogP contribution in [0.15, 0.2) is 24.7 Å². The van der Waals surface area contributed by atoms with Crippen molar-refractivity contribution in [3.05, 3.63) is 30.4 Å². The Morgan fingerprint density at radius 1 is 1.04 bits per heavy atom. The first-order valence-electron chi connectivity index (χ1n) is 16.3. The summed E-state index contributed by atoms with van der Waals surface area (Å²) in [6.07, 6.45) is 6.62. The lowest BCUT2D eigenvalue weighted by atomic mass is 10.2. The molecular weight excluding hydrogens is 617 g/mol. The lowest BCUT2D eigenvalue weighted by Gasteiger charge is -2.38. The summed E-state index contributed by atoms with van der Waals surface area (Å²) in [5, 5.41) is 9.49. The minimum atomic E-state index is -1.92. The van der Waals surface area contributed by atoms with E-state index in [1.165, 1.54) is 0 Å². The van der Waals surface area contributed by atoms with E-state index in [1.54, 1.807) is 27.7 Å². The summed E-state index contributed by atoms with van der Waals surface area (Å²) in [7, 11) is 2.86. The Balaban J connectivity index is 1.36. The number of aromatic nitrogens is 6. The van der Waals surface area contributed by atoms with Crippen molar-refractivity contribution in [1.82, 2.24) is 29.3 Å². The van der Waals surface area contributed by atoms with Gasteiger partial charge in [-0.15, -0.1) is 0 Å². The van der Waals surface area contributed by atoms with Gasteiger partial charge in [0.05, 0.1) is 69.6 Å². The van der Waals surface area contributed by atoms with Gasteiger partial charge in [-0.05, 0) is 44.3 Å². The Kier molecular flexibility index (Phi) is 9.11. The highest BCUT2D eigenvalue weighted by molar-refractivity contribution is 6.74. The molecule has 0 radical (unpaired) electrons. The highest BCUT2D eigenvalue weighted by Gasteiger charge is 2.39. The van der Waals surface area contributed by atoms with Crippen molar-refractivity contribution in [3.63, 3.8) is 0 Å². The number of ether oxygens (including phenoxy) is 4. The van der Waals surface area contributed by atoms with Gasteiger partial charge in [0.2, 0.25) is 11.7 Å². The molecule has 254 valence electrons. The predicted molar refractivity (Wildman–Crippen MR) is 185 cm³/mol. The van der Waals surface area contributed by atoms with Crippen molar-refractivity contribution >= 4 is 36.9 Å². The third-order valence-corrected chi connectivity index (χ3v) is 14.3. The molecule has 2 aliphatic heterocycles. The molecule has 0 bridgehead atoms. The molecule has 13 nitrogen and oxygen atoms in total. The summed E-state index contributed by atoms with van der Waals surface area (Å²) < 4.78 is 33.0. The van der Waals surface area contributed by atoms with Gasteiger partial charge in [-0.25, -0.2) is 9.67 Å². The molecule has 5 heterocycles. The maximum atomic E-state index is 6.74. The smallest absolute Gasteiger partial charge is 0.232 e. The Hall–Kier alpha value is -3.88. The summed E-state index contributed by atoms with van der Waals surface area (Å²) in [5.74, 6) is 3.57. The van der Waals surface area contributed by atoms with Crippen LogP contribution in [0, 0.1) is 6.92 Å². The number of nitrogens with one attached hydrogen (secondary N) is 1. The SMILES string of the molecule is COc1cc(-n2cnc(Nc3nc(N4CCCC4CO[Si](C)(C)C(C)(C)C)c4c(C)nn(C5CCOC5)c4n3)c2)cc(OC)c1OC. The molecular formula is C33H48N8O5Si. The van der Waals surface area contributed by atoms with Gasteiger partial charge in [-0.1, -0.05) is 20.8 Å². The fourth-order valence-electron chi connectivity index (χ4n) is 6.09. The van der Waals surface area contributed by atoms with Crippen molar-refractivity contribution in [2.45, 2.75) is 77.2 Å². The van der Waals surface area contributed by atoms with Crippen molar-refractivity contribution in [2.75, 3.05) is 57.9 Å². The number of methoxy groups -OCH3 is 3. The minimum absolute atomic E-state index is 0.123. The highest BCUT2D eigenvalue weighted by atomic mass is 28.4. The molecule has 2 atom stereocenters. The van der Waals surface area contributed by atoms with Crippen molar-refractivity contribution in [1.29, 1.82) is 0 Å². The Labute approximate surface area is 277 Å². The zero-order valence-electron chi connectivity index (χ0n) is 29.1.